The summed E-state index contributed by atoms with van der Waals surface area (Å²) in [4.78, 5) is 13.5. The molecule has 0 saturated carbocycles. The SMILES string of the molecule is CC(=O)c1ccc(OC[C@@H](O)CN2CCCC[C@H]2C)cc1. The maximum atomic E-state index is 11.2. The van der Waals surface area contributed by atoms with E-state index < -0.39 is 6.10 Å². The molecule has 1 N–H and O–H groups in total. The van der Waals surface area contributed by atoms with Crippen molar-refractivity contribution in [2.45, 2.75) is 45.3 Å². The van der Waals surface area contributed by atoms with Gasteiger partial charge in [0.25, 0.3) is 0 Å². The minimum absolute atomic E-state index is 0.0423. The molecule has 2 atom stereocenters. The highest BCUT2D eigenvalue weighted by molar-refractivity contribution is 5.94. The Morgan fingerprint density at radius 2 is 2.10 bits per heavy atom. The third-order valence-electron chi connectivity index (χ3n) is 4.09. The summed E-state index contributed by atoms with van der Waals surface area (Å²) in [6, 6.07) is 7.58. The van der Waals surface area contributed by atoms with E-state index >= 15 is 0 Å². The lowest BCUT2D eigenvalue weighted by Crippen LogP contribution is -2.43. The summed E-state index contributed by atoms with van der Waals surface area (Å²) in [5.41, 5.74) is 0.671. The predicted octanol–water partition coefficient (Wildman–Crippen LogP) is 2.50. The molecule has 1 aromatic carbocycles. The van der Waals surface area contributed by atoms with E-state index in [9.17, 15) is 9.90 Å². The minimum Gasteiger partial charge on any atom is -0.491 e. The van der Waals surface area contributed by atoms with E-state index in [1.54, 1.807) is 31.2 Å². The van der Waals surface area contributed by atoms with Gasteiger partial charge in [-0.3, -0.25) is 9.69 Å². The van der Waals surface area contributed by atoms with E-state index in [0.717, 1.165) is 6.54 Å². The Bertz CT molecular complexity index is 458. The normalized spacial score (nSPS) is 21.0. The van der Waals surface area contributed by atoms with E-state index in [-0.39, 0.29) is 12.4 Å². The average molecular weight is 291 g/mol. The Morgan fingerprint density at radius 3 is 2.71 bits per heavy atom. The zero-order valence-electron chi connectivity index (χ0n) is 12.9. The van der Waals surface area contributed by atoms with Gasteiger partial charge in [0.15, 0.2) is 5.78 Å². The fraction of sp³-hybridized carbons (Fsp3) is 0.588. The monoisotopic (exact) mass is 291 g/mol. The number of piperidine rings is 1. The minimum atomic E-state index is -0.488. The molecule has 1 aromatic rings. The molecular formula is C17H25NO3. The molecule has 21 heavy (non-hydrogen) atoms. The van der Waals surface area contributed by atoms with E-state index in [4.69, 9.17) is 4.74 Å². The van der Waals surface area contributed by atoms with E-state index in [2.05, 4.69) is 11.8 Å². The summed E-state index contributed by atoms with van der Waals surface area (Å²) in [5.74, 6) is 0.728. The number of carbonyl (C=O) groups is 1. The van der Waals surface area contributed by atoms with Crippen molar-refractivity contribution in [3.05, 3.63) is 29.8 Å². The third-order valence-corrected chi connectivity index (χ3v) is 4.09. The zero-order chi connectivity index (χ0) is 15.2. The molecule has 1 heterocycles. The number of Topliss-reactive ketones (excluding diaryl/α,β-unsaturated/α-hetero) is 1. The number of likely N-dealkylation sites (tertiary alicyclic amines) is 1. The summed E-state index contributed by atoms with van der Waals surface area (Å²) in [7, 11) is 0. The highest BCUT2D eigenvalue weighted by atomic mass is 16.5. The van der Waals surface area contributed by atoms with Crippen molar-refractivity contribution in [1.29, 1.82) is 0 Å². The van der Waals surface area contributed by atoms with Gasteiger partial charge in [0.2, 0.25) is 0 Å². The maximum absolute atomic E-state index is 11.2. The van der Waals surface area contributed by atoms with Gasteiger partial charge in [0.05, 0.1) is 0 Å². The van der Waals surface area contributed by atoms with Crippen LogP contribution in [-0.4, -0.2) is 47.6 Å². The van der Waals surface area contributed by atoms with Crippen LogP contribution in [0.25, 0.3) is 0 Å². The Kier molecular flexibility index (Phi) is 5.76. The van der Waals surface area contributed by atoms with Crippen LogP contribution in [0.1, 0.15) is 43.5 Å². The van der Waals surface area contributed by atoms with Crippen LogP contribution in [-0.2, 0) is 0 Å². The standard InChI is InChI=1S/C17H25NO3/c1-13-5-3-4-10-18(13)11-16(20)12-21-17-8-6-15(7-9-17)14(2)19/h6-9,13,16,20H,3-5,10-12H2,1-2H3/t13-,16+/m1/s1. The molecule has 4 heteroatoms. The second-order valence-electron chi connectivity index (χ2n) is 5.89. The first-order valence-electron chi connectivity index (χ1n) is 7.72. The van der Waals surface area contributed by atoms with Crippen LogP contribution in [0, 0.1) is 0 Å². The lowest BCUT2D eigenvalue weighted by Gasteiger charge is -2.34. The molecular weight excluding hydrogens is 266 g/mol. The number of β-amino-alcohol motifs (C(OH)–C–C–N with tert-alkyl or cyclic N) is 1. The smallest absolute Gasteiger partial charge is 0.159 e. The van der Waals surface area contributed by atoms with Crippen molar-refractivity contribution in [2.24, 2.45) is 0 Å². The summed E-state index contributed by atoms with van der Waals surface area (Å²) in [6.07, 6.45) is 3.22. The van der Waals surface area contributed by atoms with E-state index in [1.165, 1.54) is 19.3 Å². The summed E-state index contributed by atoms with van der Waals surface area (Å²) >= 11 is 0. The fourth-order valence-electron chi connectivity index (χ4n) is 2.73. The highest BCUT2D eigenvalue weighted by Gasteiger charge is 2.20. The van der Waals surface area contributed by atoms with Gasteiger partial charge in [-0.05, 0) is 57.5 Å². The molecule has 0 aromatic heterocycles. The first-order valence-corrected chi connectivity index (χ1v) is 7.72. The number of ether oxygens (including phenoxy) is 1. The Balaban J connectivity index is 1.77. The first-order chi connectivity index (χ1) is 10.1. The number of aliphatic hydroxyl groups is 1. The number of hydrogen-bond donors (Lipinski definition) is 1. The van der Waals surface area contributed by atoms with Gasteiger partial charge in [-0.1, -0.05) is 6.42 Å². The summed E-state index contributed by atoms with van der Waals surface area (Å²) in [6.45, 7) is 5.76. The molecule has 0 radical (unpaired) electrons. The van der Waals surface area contributed by atoms with Gasteiger partial charge < -0.3 is 9.84 Å². The van der Waals surface area contributed by atoms with E-state index in [1.807, 2.05) is 0 Å². The van der Waals surface area contributed by atoms with Crippen LogP contribution in [0.15, 0.2) is 24.3 Å². The van der Waals surface area contributed by atoms with Crippen LogP contribution in [0.5, 0.6) is 5.75 Å². The average Bonchev–Trinajstić information content (AvgIpc) is 2.48. The lowest BCUT2D eigenvalue weighted by molar-refractivity contribution is 0.0438. The van der Waals surface area contributed by atoms with Gasteiger partial charge >= 0.3 is 0 Å². The second kappa shape index (κ2) is 7.57. The van der Waals surface area contributed by atoms with E-state index in [0.29, 0.717) is 23.9 Å². The highest BCUT2D eigenvalue weighted by Crippen LogP contribution is 2.17. The molecule has 1 saturated heterocycles. The van der Waals surface area contributed by atoms with Crippen molar-refractivity contribution >= 4 is 5.78 Å². The first kappa shape index (κ1) is 16.0. The molecule has 0 spiro atoms. The number of nitrogens with zero attached hydrogens (tertiary/aromatic N) is 1. The van der Waals surface area contributed by atoms with Gasteiger partial charge in [-0.2, -0.15) is 0 Å². The molecule has 2 rings (SSSR count). The predicted molar refractivity (Wildman–Crippen MR) is 82.8 cm³/mol. The molecule has 1 aliphatic rings. The number of ketones is 1. The Morgan fingerprint density at radius 1 is 1.38 bits per heavy atom. The molecule has 0 aliphatic carbocycles. The van der Waals surface area contributed by atoms with Gasteiger partial charge in [-0.25, -0.2) is 0 Å². The van der Waals surface area contributed by atoms with Crippen LogP contribution in [0.4, 0.5) is 0 Å². The number of aliphatic hydroxyl groups excluding tert-OH is 1. The second-order valence-corrected chi connectivity index (χ2v) is 5.89. The quantitative estimate of drug-likeness (QED) is 0.818. The van der Waals surface area contributed by atoms with Gasteiger partial charge in [-0.15, -0.1) is 0 Å². The van der Waals surface area contributed by atoms with Crippen molar-refractivity contribution in [3.63, 3.8) is 0 Å². The Labute approximate surface area is 126 Å². The topological polar surface area (TPSA) is 49.8 Å². The van der Waals surface area contributed by atoms with Gasteiger partial charge in [0.1, 0.15) is 18.5 Å². The fourth-order valence-corrected chi connectivity index (χ4v) is 2.73. The number of carbonyl (C=O) groups excluding carboxylic acids is 1. The number of rotatable bonds is 6. The van der Waals surface area contributed by atoms with Crippen molar-refractivity contribution < 1.29 is 14.6 Å². The molecule has 0 amide bonds. The van der Waals surface area contributed by atoms with Crippen molar-refractivity contribution in [1.82, 2.24) is 4.90 Å². The molecule has 1 aliphatic heterocycles. The Hall–Kier alpha value is -1.39. The molecule has 4 nitrogen and oxygen atoms in total. The van der Waals surface area contributed by atoms with Crippen LogP contribution >= 0.6 is 0 Å². The summed E-state index contributed by atoms with van der Waals surface area (Å²) < 4.78 is 5.59. The maximum Gasteiger partial charge on any atom is 0.159 e. The molecule has 116 valence electrons. The third kappa shape index (κ3) is 4.83. The van der Waals surface area contributed by atoms with Crippen LogP contribution < -0.4 is 4.74 Å². The van der Waals surface area contributed by atoms with Gasteiger partial charge in [0, 0.05) is 18.2 Å². The van der Waals surface area contributed by atoms with Crippen LogP contribution in [0.2, 0.25) is 0 Å². The summed E-state index contributed by atoms with van der Waals surface area (Å²) in [5, 5.41) is 10.1. The largest absolute Gasteiger partial charge is 0.491 e. The molecule has 1 fully saturated rings. The zero-order valence-corrected chi connectivity index (χ0v) is 12.9. The van der Waals surface area contributed by atoms with Crippen molar-refractivity contribution in [3.8, 4) is 5.75 Å². The lowest BCUT2D eigenvalue weighted by atomic mass is 10.0. The van der Waals surface area contributed by atoms with Crippen LogP contribution in [0.3, 0.4) is 0 Å². The number of benzene rings is 1. The molecule has 0 bridgehead atoms. The molecule has 0 unspecified atom stereocenters. The van der Waals surface area contributed by atoms with Crippen molar-refractivity contribution in [2.75, 3.05) is 19.7 Å². The number of hydrogen-bond acceptors (Lipinski definition) is 4.